The lowest BCUT2D eigenvalue weighted by molar-refractivity contribution is 0.320. The van der Waals surface area contributed by atoms with Gasteiger partial charge in [-0.2, -0.15) is 0 Å². The van der Waals surface area contributed by atoms with Gasteiger partial charge in [0.25, 0.3) is 0 Å². The maximum Gasteiger partial charge on any atom is 0.0970 e. The Labute approximate surface area is 70.1 Å². The normalized spacial score (nSPS) is 13.5. The van der Waals surface area contributed by atoms with Crippen LogP contribution in [0.15, 0.2) is 35.5 Å². The molecule has 58 valence electrons. The summed E-state index contributed by atoms with van der Waals surface area (Å²) in [6, 6.07) is 9.42. The van der Waals surface area contributed by atoms with Crippen molar-refractivity contribution in [3.63, 3.8) is 0 Å². The van der Waals surface area contributed by atoms with Gasteiger partial charge in [0.1, 0.15) is 0 Å². The number of rotatable bonds is 2. The summed E-state index contributed by atoms with van der Waals surface area (Å²) in [5.74, 6) is 0. The Morgan fingerprint density at radius 3 is 2.55 bits per heavy atom. The van der Waals surface area contributed by atoms with E-state index in [1.807, 2.05) is 30.3 Å². The molecule has 1 aromatic rings. The second-order valence-electron chi connectivity index (χ2n) is 2.08. The highest BCUT2D eigenvalue weighted by Gasteiger charge is 2.01. The predicted molar refractivity (Wildman–Crippen MR) is 45.3 cm³/mol. The highest BCUT2D eigenvalue weighted by atomic mass is 35.5. The lowest BCUT2D eigenvalue weighted by atomic mass is 10.2. The summed E-state index contributed by atoms with van der Waals surface area (Å²) in [5, 5.41) is 10.7. The van der Waals surface area contributed by atoms with E-state index >= 15 is 0 Å². The summed E-state index contributed by atoms with van der Waals surface area (Å²) >= 11 is 5.80. The quantitative estimate of drug-likeness (QED) is 0.314. The molecule has 1 rings (SSSR count). The van der Waals surface area contributed by atoms with Crippen molar-refractivity contribution in [1.82, 2.24) is 0 Å². The molecule has 0 aliphatic rings. The molecule has 3 heteroatoms. The number of hydrogen-bond donors (Lipinski definition) is 1. The van der Waals surface area contributed by atoms with Gasteiger partial charge in [0.2, 0.25) is 0 Å². The van der Waals surface area contributed by atoms with Crippen LogP contribution in [-0.2, 0) is 0 Å². The molecule has 0 heterocycles. The van der Waals surface area contributed by atoms with Gasteiger partial charge in [-0.3, -0.25) is 0 Å². The average molecular weight is 170 g/mol. The molecular weight excluding hydrogens is 162 g/mol. The van der Waals surface area contributed by atoms with E-state index in [1.54, 1.807) is 0 Å². The van der Waals surface area contributed by atoms with E-state index in [1.165, 1.54) is 6.21 Å². The summed E-state index contributed by atoms with van der Waals surface area (Å²) in [4.78, 5) is 0. The van der Waals surface area contributed by atoms with E-state index in [9.17, 15) is 0 Å². The van der Waals surface area contributed by atoms with Crippen molar-refractivity contribution in [2.24, 2.45) is 5.16 Å². The number of halogens is 1. The molecule has 0 aromatic heterocycles. The van der Waals surface area contributed by atoms with Crippen molar-refractivity contribution in [2.75, 3.05) is 0 Å². The fourth-order valence-electron chi connectivity index (χ4n) is 0.781. The largest absolute Gasteiger partial charge is 0.411 e. The van der Waals surface area contributed by atoms with Crippen LogP contribution in [0.3, 0.4) is 0 Å². The second-order valence-corrected chi connectivity index (χ2v) is 2.55. The highest BCUT2D eigenvalue weighted by Crippen LogP contribution is 2.16. The van der Waals surface area contributed by atoms with Gasteiger partial charge >= 0.3 is 0 Å². The SMILES string of the molecule is O/N=C/C(Cl)c1ccccc1. The Balaban J connectivity index is 2.76. The third-order valence-corrected chi connectivity index (χ3v) is 1.68. The van der Waals surface area contributed by atoms with E-state index in [0.29, 0.717) is 0 Å². The van der Waals surface area contributed by atoms with Crippen LogP contribution < -0.4 is 0 Å². The summed E-state index contributed by atoms with van der Waals surface area (Å²) in [5.41, 5.74) is 0.923. The van der Waals surface area contributed by atoms with Gasteiger partial charge in [-0.05, 0) is 5.56 Å². The molecule has 1 aromatic carbocycles. The molecule has 2 nitrogen and oxygen atoms in total. The second kappa shape index (κ2) is 3.98. The Kier molecular flexibility index (Phi) is 2.93. The van der Waals surface area contributed by atoms with Gasteiger partial charge in [-0.15, -0.1) is 16.8 Å². The van der Waals surface area contributed by atoms with Gasteiger partial charge in [0.15, 0.2) is 0 Å². The molecule has 0 saturated heterocycles. The lowest BCUT2D eigenvalue weighted by Gasteiger charge is -2.00. The zero-order chi connectivity index (χ0) is 8.10. The van der Waals surface area contributed by atoms with Crippen LogP contribution in [0.1, 0.15) is 10.9 Å². The van der Waals surface area contributed by atoms with E-state index in [-0.39, 0.29) is 5.38 Å². The molecule has 1 unspecified atom stereocenters. The van der Waals surface area contributed by atoms with Gasteiger partial charge in [0, 0.05) is 0 Å². The molecule has 0 saturated carbocycles. The van der Waals surface area contributed by atoms with Crippen molar-refractivity contribution in [3.8, 4) is 0 Å². The first-order valence-corrected chi connectivity index (χ1v) is 3.65. The molecule has 0 bridgehead atoms. The van der Waals surface area contributed by atoms with E-state index in [0.717, 1.165) is 5.56 Å². The number of benzene rings is 1. The van der Waals surface area contributed by atoms with Crippen molar-refractivity contribution in [2.45, 2.75) is 5.38 Å². The zero-order valence-electron chi connectivity index (χ0n) is 5.81. The molecule has 0 amide bonds. The zero-order valence-corrected chi connectivity index (χ0v) is 6.57. The number of oxime groups is 1. The fourth-order valence-corrected chi connectivity index (χ4v) is 0.977. The maximum atomic E-state index is 8.18. The van der Waals surface area contributed by atoms with Gasteiger partial charge in [-0.25, -0.2) is 0 Å². The number of alkyl halides is 1. The molecule has 11 heavy (non-hydrogen) atoms. The summed E-state index contributed by atoms with van der Waals surface area (Å²) in [7, 11) is 0. The monoisotopic (exact) mass is 169 g/mol. The van der Waals surface area contributed by atoms with Crippen LogP contribution in [0.4, 0.5) is 0 Å². The first-order valence-electron chi connectivity index (χ1n) is 3.21. The van der Waals surface area contributed by atoms with E-state index in [4.69, 9.17) is 16.8 Å². The Hall–Kier alpha value is -1.02. The Bertz CT molecular complexity index is 235. The molecule has 0 aliphatic heterocycles. The summed E-state index contributed by atoms with van der Waals surface area (Å²) in [6.07, 6.45) is 1.27. The minimum Gasteiger partial charge on any atom is -0.411 e. The minimum absolute atomic E-state index is 0.346. The molecular formula is C8H8ClNO. The predicted octanol–water partition coefficient (Wildman–Crippen LogP) is 2.43. The molecule has 1 N–H and O–H groups in total. The van der Waals surface area contributed by atoms with Crippen molar-refractivity contribution >= 4 is 17.8 Å². The van der Waals surface area contributed by atoms with Gasteiger partial charge in [0.05, 0.1) is 11.6 Å². The number of nitrogens with zero attached hydrogens (tertiary/aromatic N) is 1. The van der Waals surface area contributed by atoms with Crippen LogP contribution in [0.2, 0.25) is 0 Å². The van der Waals surface area contributed by atoms with Gasteiger partial charge < -0.3 is 5.21 Å². The minimum atomic E-state index is -0.346. The van der Waals surface area contributed by atoms with Crippen LogP contribution in [0.25, 0.3) is 0 Å². The molecule has 1 atom stereocenters. The van der Waals surface area contributed by atoms with Gasteiger partial charge in [-0.1, -0.05) is 30.3 Å². The summed E-state index contributed by atoms with van der Waals surface area (Å²) < 4.78 is 0. The van der Waals surface area contributed by atoms with Crippen LogP contribution >= 0.6 is 11.6 Å². The standard InChI is InChI=1S/C8H8ClNO/c9-8(6-10-11)7-4-2-1-3-5-7/h1-6,8,11H/b10-6+. The van der Waals surface area contributed by atoms with E-state index < -0.39 is 0 Å². The lowest BCUT2D eigenvalue weighted by Crippen LogP contribution is -1.89. The fraction of sp³-hybridized carbons (Fsp3) is 0.125. The highest BCUT2D eigenvalue weighted by molar-refractivity contribution is 6.28. The first kappa shape index (κ1) is 8.08. The van der Waals surface area contributed by atoms with Crippen molar-refractivity contribution in [1.29, 1.82) is 0 Å². The smallest absolute Gasteiger partial charge is 0.0970 e. The third kappa shape index (κ3) is 2.24. The number of hydrogen-bond acceptors (Lipinski definition) is 2. The average Bonchev–Trinajstić information content (AvgIpc) is 2.07. The van der Waals surface area contributed by atoms with E-state index in [2.05, 4.69) is 5.16 Å². The molecule has 0 radical (unpaired) electrons. The van der Waals surface area contributed by atoms with Crippen molar-refractivity contribution in [3.05, 3.63) is 35.9 Å². The molecule has 0 fully saturated rings. The van der Waals surface area contributed by atoms with Crippen LogP contribution in [0, 0.1) is 0 Å². The Morgan fingerprint density at radius 2 is 2.00 bits per heavy atom. The van der Waals surface area contributed by atoms with Crippen LogP contribution in [-0.4, -0.2) is 11.4 Å². The van der Waals surface area contributed by atoms with Crippen molar-refractivity contribution < 1.29 is 5.21 Å². The topological polar surface area (TPSA) is 32.6 Å². The Morgan fingerprint density at radius 1 is 1.36 bits per heavy atom. The molecule has 0 aliphatic carbocycles. The third-order valence-electron chi connectivity index (χ3n) is 1.32. The maximum absolute atomic E-state index is 8.18. The first-order chi connectivity index (χ1) is 5.34. The molecule has 0 spiro atoms. The summed E-state index contributed by atoms with van der Waals surface area (Å²) in [6.45, 7) is 0. The van der Waals surface area contributed by atoms with Crippen LogP contribution in [0.5, 0.6) is 0 Å².